The third kappa shape index (κ3) is 4.08. The number of nitrogens with one attached hydrogen (secondary N) is 1. The van der Waals surface area contributed by atoms with Gasteiger partial charge in [-0.1, -0.05) is 12.1 Å². The number of piperazine rings is 1. The summed E-state index contributed by atoms with van der Waals surface area (Å²) in [4.78, 5) is 15.5. The van der Waals surface area contributed by atoms with Crippen LogP contribution in [0.1, 0.15) is 12.1 Å². The zero-order valence-corrected chi connectivity index (χ0v) is 17.7. The van der Waals surface area contributed by atoms with E-state index in [1.165, 1.54) is 16.8 Å². The number of hydrogen-bond acceptors (Lipinski definition) is 5. The second-order valence-corrected chi connectivity index (χ2v) is 8.75. The smallest absolute Gasteiger partial charge is 0.0795 e. The Labute approximate surface area is 178 Å². The van der Waals surface area contributed by atoms with Crippen LogP contribution in [-0.2, 0) is 6.42 Å². The number of fused-ring (bicyclic) bond motifs is 1. The average molecular weight is 406 g/mol. The van der Waals surface area contributed by atoms with E-state index in [9.17, 15) is 5.11 Å². The lowest BCUT2D eigenvalue weighted by Gasteiger charge is -2.34. The molecule has 1 aromatic carbocycles. The van der Waals surface area contributed by atoms with Crippen molar-refractivity contribution >= 4 is 16.6 Å². The minimum absolute atomic E-state index is 0.155. The van der Waals surface area contributed by atoms with Crippen LogP contribution in [0.15, 0.2) is 42.6 Å². The second-order valence-electron chi connectivity index (χ2n) is 8.75. The number of likely N-dealkylation sites (N-methyl/N-ethyl adjacent to an activating group) is 1. The second kappa shape index (κ2) is 8.38. The van der Waals surface area contributed by atoms with E-state index in [2.05, 4.69) is 63.1 Å². The highest BCUT2D eigenvalue weighted by Gasteiger charge is 2.20. The molecule has 0 aliphatic carbocycles. The zero-order chi connectivity index (χ0) is 20.5. The van der Waals surface area contributed by atoms with Crippen molar-refractivity contribution in [3.63, 3.8) is 0 Å². The minimum atomic E-state index is -0.155. The Morgan fingerprint density at radius 3 is 2.60 bits per heavy atom. The molecule has 6 nitrogen and oxygen atoms in total. The molecule has 2 fully saturated rings. The van der Waals surface area contributed by atoms with Gasteiger partial charge in [-0.05, 0) is 37.7 Å². The molecule has 2 N–H and O–H groups in total. The molecule has 1 atom stereocenters. The van der Waals surface area contributed by atoms with Crippen LogP contribution in [-0.4, -0.2) is 83.8 Å². The average Bonchev–Trinajstić information content (AvgIpc) is 3.38. The molecule has 0 saturated carbocycles. The Morgan fingerprint density at radius 1 is 1.07 bits per heavy atom. The van der Waals surface area contributed by atoms with Crippen LogP contribution in [0.4, 0.5) is 5.69 Å². The normalized spacial score (nSPS) is 21.0. The third-order valence-corrected chi connectivity index (χ3v) is 6.56. The molecule has 158 valence electrons. The molecule has 0 spiro atoms. The van der Waals surface area contributed by atoms with E-state index in [1.54, 1.807) is 0 Å². The van der Waals surface area contributed by atoms with Crippen LogP contribution in [0.3, 0.4) is 0 Å². The number of aromatic nitrogens is 2. The zero-order valence-electron chi connectivity index (χ0n) is 17.7. The number of aliphatic hydroxyl groups is 1. The Hall–Kier alpha value is -2.41. The summed E-state index contributed by atoms with van der Waals surface area (Å²) in [7, 11) is 2.19. The summed E-state index contributed by atoms with van der Waals surface area (Å²) in [5.74, 6) is 0. The molecule has 2 aromatic heterocycles. The molecule has 0 radical (unpaired) electrons. The molecule has 2 saturated heterocycles. The number of rotatable bonds is 5. The van der Waals surface area contributed by atoms with Crippen molar-refractivity contribution in [1.29, 1.82) is 0 Å². The molecule has 4 heterocycles. The minimum Gasteiger partial charge on any atom is -0.392 e. The molecule has 5 rings (SSSR count). The fraction of sp³-hybridized carbons (Fsp3) is 0.458. The van der Waals surface area contributed by atoms with Gasteiger partial charge < -0.3 is 24.8 Å². The first-order valence-corrected chi connectivity index (χ1v) is 11.1. The van der Waals surface area contributed by atoms with Gasteiger partial charge in [0.2, 0.25) is 0 Å². The quantitative estimate of drug-likeness (QED) is 0.683. The van der Waals surface area contributed by atoms with Crippen LogP contribution < -0.4 is 4.90 Å². The van der Waals surface area contributed by atoms with Crippen molar-refractivity contribution < 1.29 is 5.11 Å². The predicted octanol–water partition coefficient (Wildman–Crippen LogP) is 2.59. The number of H-pyrrole nitrogens is 1. The first-order chi connectivity index (χ1) is 14.7. The highest BCUT2D eigenvalue weighted by Crippen LogP contribution is 2.29. The molecule has 2 aliphatic rings. The van der Waals surface area contributed by atoms with Crippen LogP contribution in [0.2, 0.25) is 0 Å². The maximum absolute atomic E-state index is 9.73. The van der Waals surface area contributed by atoms with E-state index in [0.717, 1.165) is 75.4 Å². The highest BCUT2D eigenvalue weighted by atomic mass is 16.3. The van der Waals surface area contributed by atoms with Crippen LogP contribution in [0.5, 0.6) is 0 Å². The number of hydrogen-bond donors (Lipinski definition) is 2. The van der Waals surface area contributed by atoms with Crippen LogP contribution in [0.25, 0.3) is 22.2 Å². The fourth-order valence-corrected chi connectivity index (χ4v) is 4.66. The van der Waals surface area contributed by atoms with Gasteiger partial charge in [0, 0.05) is 86.3 Å². The predicted molar refractivity (Wildman–Crippen MR) is 122 cm³/mol. The Balaban J connectivity index is 1.33. The number of β-amino-alcohol motifs (C(OH)–C–C–N with tert-alkyl or cyclic N) is 1. The Bertz CT molecular complexity index is 991. The van der Waals surface area contributed by atoms with E-state index >= 15 is 0 Å². The summed E-state index contributed by atoms with van der Waals surface area (Å²) in [6.45, 7) is 7.17. The summed E-state index contributed by atoms with van der Waals surface area (Å²) in [6, 6.07) is 13.2. The third-order valence-electron chi connectivity index (χ3n) is 6.56. The standard InChI is InChI=1S/C24H31N5O/c1-27-12-14-29(15-13-27)20-4-2-18(3-5-20)24-22-16-19(26-23(22)6-9-25-24)7-10-28-11-8-21(30)17-28/h2-6,9,16,21,26,30H,7-8,10-15,17H2,1H3. The lowest BCUT2D eigenvalue weighted by Crippen LogP contribution is -2.44. The first kappa shape index (κ1) is 19.5. The summed E-state index contributed by atoms with van der Waals surface area (Å²) >= 11 is 0. The number of likely N-dealkylation sites (tertiary alicyclic amines) is 1. The van der Waals surface area contributed by atoms with Crippen molar-refractivity contribution in [2.24, 2.45) is 0 Å². The van der Waals surface area contributed by atoms with Gasteiger partial charge in [0.25, 0.3) is 0 Å². The summed E-state index contributed by atoms with van der Waals surface area (Å²) < 4.78 is 0. The Kier molecular flexibility index (Phi) is 5.46. The number of aliphatic hydroxyl groups excluding tert-OH is 1. The van der Waals surface area contributed by atoms with Crippen molar-refractivity contribution in [2.45, 2.75) is 18.9 Å². The molecule has 0 bridgehead atoms. The van der Waals surface area contributed by atoms with E-state index < -0.39 is 0 Å². The lowest BCUT2D eigenvalue weighted by molar-refractivity contribution is 0.176. The number of pyridine rings is 1. The lowest BCUT2D eigenvalue weighted by atomic mass is 10.1. The number of benzene rings is 1. The highest BCUT2D eigenvalue weighted by molar-refractivity contribution is 5.93. The van der Waals surface area contributed by atoms with Gasteiger partial charge >= 0.3 is 0 Å². The summed E-state index contributed by atoms with van der Waals surface area (Å²) in [6.07, 6.45) is 3.59. The van der Waals surface area contributed by atoms with Gasteiger partial charge in [-0.3, -0.25) is 4.98 Å². The van der Waals surface area contributed by atoms with Gasteiger partial charge in [0.1, 0.15) is 0 Å². The monoisotopic (exact) mass is 405 g/mol. The van der Waals surface area contributed by atoms with Gasteiger partial charge in [-0.25, -0.2) is 0 Å². The molecule has 6 heteroatoms. The number of aromatic amines is 1. The fourth-order valence-electron chi connectivity index (χ4n) is 4.66. The van der Waals surface area contributed by atoms with Crippen molar-refractivity contribution in [2.75, 3.05) is 57.8 Å². The number of nitrogens with zero attached hydrogens (tertiary/aromatic N) is 4. The maximum atomic E-state index is 9.73. The molecule has 2 aliphatic heterocycles. The van der Waals surface area contributed by atoms with Gasteiger partial charge in [0.15, 0.2) is 0 Å². The molecule has 1 unspecified atom stereocenters. The molecular formula is C24H31N5O. The van der Waals surface area contributed by atoms with Crippen LogP contribution in [0, 0.1) is 0 Å². The largest absolute Gasteiger partial charge is 0.392 e. The Morgan fingerprint density at radius 2 is 1.87 bits per heavy atom. The van der Waals surface area contributed by atoms with Gasteiger partial charge in [-0.15, -0.1) is 0 Å². The SMILES string of the molecule is CN1CCN(c2ccc(-c3nccc4[nH]c(CCN5CCC(O)C5)cc34)cc2)CC1. The van der Waals surface area contributed by atoms with E-state index in [4.69, 9.17) is 4.98 Å². The van der Waals surface area contributed by atoms with Gasteiger partial charge in [-0.2, -0.15) is 0 Å². The van der Waals surface area contributed by atoms with E-state index in [-0.39, 0.29) is 6.10 Å². The van der Waals surface area contributed by atoms with Crippen molar-refractivity contribution in [1.82, 2.24) is 19.8 Å². The first-order valence-electron chi connectivity index (χ1n) is 11.1. The van der Waals surface area contributed by atoms with E-state index in [1.807, 2.05) is 6.20 Å². The summed E-state index contributed by atoms with van der Waals surface area (Å²) in [5.41, 5.74) is 5.86. The molecule has 30 heavy (non-hydrogen) atoms. The molecular weight excluding hydrogens is 374 g/mol. The van der Waals surface area contributed by atoms with E-state index in [0.29, 0.717) is 0 Å². The molecule has 0 amide bonds. The number of anilines is 1. The van der Waals surface area contributed by atoms with Crippen LogP contribution >= 0.6 is 0 Å². The maximum Gasteiger partial charge on any atom is 0.0795 e. The van der Waals surface area contributed by atoms with Crippen molar-refractivity contribution in [3.05, 3.63) is 48.3 Å². The van der Waals surface area contributed by atoms with Crippen molar-refractivity contribution in [3.8, 4) is 11.3 Å². The summed E-state index contributed by atoms with van der Waals surface area (Å²) in [5, 5.41) is 10.9. The topological polar surface area (TPSA) is 58.6 Å². The molecule has 3 aromatic rings. The van der Waals surface area contributed by atoms with Gasteiger partial charge in [0.05, 0.1) is 11.8 Å².